The van der Waals surface area contributed by atoms with Crippen LogP contribution in [0.5, 0.6) is 0 Å². The van der Waals surface area contributed by atoms with Gasteiger partial charge < -0.3 is 4.79 Å². The van der Waals surface area contributed by atoms with E-state index in [1.165, 1.54) is 6.42 Å². The Hall–Kier alpha value is -0.930. The van der Waals surface area contributed by atoms with Gasteiger partial charge in [0.15, 0.2) is 0 Å². The fourth-order valence-corrected chi connectivity index (χ4v) is 2.60. The molecule has 1 fully saturated rings. The summed E-state index contributed by atoms with van der Waals surface area (Å²) in [5.41, 5.74) is 0. The molecule has 0 N–H and O–H groups in total. The van der Waals surface area contributed by atoms with E-state index < -0.39 is 6.04 Å². The van der Waals surface area contributed by atoms with E-state index in [-0.39, 0.29) is 16.8 Å². The molecule has 0 aromatic rings. The van der Waals surface area contributed by atoms with E-state index in [0.29, 0.717) is 6.42 Å². The van der Waals surface area contributed by atoms with Gasteiger partial charge in [-0.3, -0.25) is 10.1 Å². The third-order valence-electron chi connectivity index (χ3n) is 3.48. The Morgan fingerprint density at radius 2 is 2.00 bits per heavy atom. The number of carbonyl (C=O) groups excluding carboxylic acids is 1. The maximum absolute atomic E-state index is 11.0. The molecule has 0 aromatic carbocycles. The second-order valence-corrected chi connectivity index (χ2v) is 4.37. The monoisotopic (exact) mass is 213 g/mol. The quantitative estimate of drug-likeness (QED) is 0.400. The van der Waals surface area contributed by atoms with Crippen molar-refractivity contribution < 1.29 is 9.72 Å². The van der Waals surface area contributed by atoms with Crippen molar-refractivity contribution in [1.29, 1.82) is 0 Å². The smallest absolute Gasteiger partial charge is 0.222 e. The number of nitrogens with zero attached hydrogens (tertiary/aromatic N) is 1. The van der Waals surface area contributed by atoms with Crippen LogP contribution in [0.3, 0.4) is 0 Å². The van der Waals surface area contributed by atoms with Crippen molar-refractivity contribution in [2.45, 2.75) is 51.5 Å². The van der Waals surface area contributed by atoms with Gasteiger partial charge >= 0.3 is 0 Å². The molecule has 0 unspecified atom stereocenters. The summed E-state index contributed by atoms with van der Waals surface area (Å²) in [6.45, 7) is 1.78. The minimum Gasteiger partial charge on any atom is -0.303 e. The highest BCUT2D eigenvalue weighted by Gasteiger charge is 2.36. The van der Waals surface area contributed by atoms with Crippen molar-refractivity contribution in [3.8, 4) is 0 Å². The summed E-state index contributed by atoms with van der Waals surface area (Å²) < 4.78 is 0. The minimum absolute atomic E-state index is 0.242. The molecule has 1 rings (SSSR count). The highest BCUT2D eigenvalue weighted by atomic mass is 16.6. The lowest BCUT2D eigenvalue weighted by molar-refractivity contribution is -0.531. The van der Waals surface area contributed by atoms with E-state index in [1.54, 1.807) is 6.92 Å². The van der Waals surface area contributed by atoms with Crippen LogP contribution in [-0.4, -0.2) is 17.3 Å². The Morgan fingerprint density at radius 1 is 1.40 bits per heavy atom. The third-order valence-corrected chi connectivity index (χ3v) is 3.48. The van der Waals surface area contributed by atoms with E-state index in [2.05, 4.69) is 0 Å². The molecule has 0 amide bonds. The van der Waals surface area contributed by atoms with Crippen molar-refractivity contribution in [3.63, 3.8) is 0 Å². The molecule has 0 heterocycles. The lowest BCUT2D eigenvalue weighted by atomic mass is 9.77. The predicted octanol–water partition coefficient (Wildman–Crippen LogP) is 2.44. The lowest BCUT2D eigenvalue weighted by Gasteiger charge is -2.27. The summed E-state index contributed by atoms with van der Waals surface area (Å²) in [4.78, 5) is 21.5. The van der Waals surface area contributed by atoms with E-state index in [0.717, 1.165) is 32.0 Å². The molecule has 0 saturated heterocycles. The van der Waals surface area contributed by atoms with Gasteiger partial charge in [-0.15, -0.1) is 0 Å². The first kappa shape index (κ1) is 12.1. The molecular weight excluding hydrogens is 194 g/mol. The molecule has 2 atom stereocenters. The molecule has 0 radical (unpaired) electrons. The summed E-state index contributed by atoms with van der Waals surface area (Å²) in [5, 5.41) is 10.8. The molecule has 4 nitrogen and oxygen atoms in total. The zero-order valence-corrected chi connectivity index (χ0v) is 9.22. The van der Waals surface area contributed by atoms with Crippen molar-refractivity contribution >= 4 is 6.29 Å². The van der Waals surface area contributed by atoms with Crippen molar-refractivity contribution in [2.75, 3.05) is 0 Å². The zero-order chi connectivity index (χ0) is 11.3. The molecule has 0 spiro atoms. The van der Waals surface area contributed by atoms with Gasteiger partial charge in [0, 0.05) is 11.3 Å². The lowest BCUT2D eigenvalue weighted by Crippen LogP contribution is -2.35. The molecule has 15 heavy (non-hydrogen) atoms. The van der Waals surface area contributed by atoms with Crippen LogP contribution in [0.1, 0.15) is 45.4 Å². The summed E-state index contributed by atoms with van der Waals surface area (Å²) >= 11 is 0. The molecule has 1 aliphatic rings. The second kappa shape index (κ2) is 5.83. The molecule has 0 aromatic heterocycles. The molecule has 1 aliphatic carbocycles. The third kappa shape index (κ3) is 3.01. The predicted molar refractivity (Wildman–Crippen MR) is 57.2 cm³/mol. The number of aldehydes is 1. The Balaban J connectivity index is 2.66. The Morgan fingerprint density at radius 3 is 2.40 bits per heavy atom. The maximum Gasteiger partial charge on any atom is 0.222 e. The Bertz CT molecular complexity index is 224. The van der Waals surface area contributed by atoms with Crippen LogP contribution in [0, 0.1) is 22.0 Å². The van der Waals surface area contributed by atoms with Gasteiger partial charge in [-0.2, -0.15) is 0 Å². The van der Waals surface area contributed by atoms with Crippen LogP contribution in [0.4, 0.5) is 0 Å². The van der Waals surface area contributed by atoms with Gasteiger partial charge in [-0.1, -0.05) is 26.2 Å². The molecule has 0 bridgehead atoms. The summed E-state index contributed by atoms with van der Waals surface area (Å²) in [6, 6.07) is -0.675. The van der Waals surface area contributed by atoms with Crippen LogP contribution >= 0.6 is 0 Å². The highest BCUT2D eigenvalue weighted by Crippen LogP contribution is 2.32. The van der Waals surface area contributed by atoms with Crippen molar-refractivity contribution in [2.24, 2.45) is 11.8 Å². The van der Waals surface area contributed by atoms with Crippen LogP contribution in [0.15, 0.2) is 0 Å². The maximum atomic E-state index is 11.0. The minimum atomic E-state index is -0.675. The van der Waals surface area contributed by atoms with Gasteiger partial charge in [0.1, 0.15) is 6.29 Å². The van der Waals surface area contributed by atoms with E-state index >= 15 is 0 Å². The topological polar surface area (TPSA) is 60.2 Å². The van der Waals surface area contributed by atoms with Crippen LogP contribution in [-0.2, 0) is 4.79 Å². The molecule has 1 saturated carbocycles. The van der Waals surface area contributed by atoms with Gasteiger partial charge in [-0.25, -0.2) is 0 Å². The molecular formula is C11H19NO3. The van der Waals surface area contributed by atoms with Gasteiger partial charge in [-0.05, 0) is 18.8 Å². The average molecular weight is 213 g/mol. The zero-order valence-electron chi connectivity index (χ0n) is 9.22. The number of hydrogen-bond acceptors (Lipinski definition) is 3. The summed E-state index contributed by atoms with van der Waals surface area (Å²) in [6.07, 6.45) is 6.66. The summed E-state index contributed by atoms with van der Waals surface area (Å²) in [7, 11) is 0. The Labute approximate surface area is 90.2 Å². The van der Waals surface area contributed by atoms with Gasteiger partial charge in [0.05, 0.1) is 5.92 Å². The van der Waals surface area contributed by atoms with E-state index in [9.17, 15) is 14.9 Å². The van der Waals surface area contributed by atoms with E-state index in [4.69, 9.17) is 0 Å². The fourth-order valence-electron chi connectivity index (χ4n) is 2.60. The van der Waals surface area contributed by atoms with Gasteiger partial charge in [0.25, 0.3) is 0 Å². The summed E-state index contributed by atoms with van der Waals surface area (Å²) in [5.74, 6) is -0.128. The largest absolute Gasteiger partial charge is 0.303 e. The van der Waals surface area contributed by atoms with Crippen LogP contribution in [0.2, 0.25) is 0 Å². The fraction of sp³-hybridized carbons (Fsp3) is 0.909. The second-order valence-electron chi connectivity index (χ2n) is 4.37. The SMILES string of the molecule is CC[C@H]([C@H](C=O)C1CCCCC1)[N+](=O)[O-]. The number of nitro groups is 1. The molecule has 0 aliphatic heterocycles. The molecule has 4 heteroatoms. The first-order valence-corrected chi connectivity index (χ1v) is 5.79. The molecule has 86 valence electrons. The van der Waals surface area contributed by atoms with E-state index in [1.807, 2.05) is 0 Å². The number of rotatable bonds is 5. The standard InChI is InChI=1S/C11H19NO3/c1-2-11(12(14)15)10(8-13)9-6-4-3-5-7-9/h8-11H,2-7H2,1H3/t10-,11-/m1/s1. The number of hydrogen-bond donors (Lipinski definition) is 0. The van der Waals surface area contributed by atoms with Crippen molar-refractivity contribution in [1.82, 2.24) is 0 Å². The Kier molecular flexibility index (Phi) is 4.72. The first-order chi connectivity index (χ1) is 7.20. The van der Waals surface area contributed by atoms with Crippen molar-refractivity contribution in [3.05, 3.63) is 10.1 Å². The normalized spacial score (nSPS) is 21.9. The number of carbonyl (C=O) groups is 1. The highest BCUT2D eigenvalue weighted by molar-refractivity contribution is 5.55. The van der Waals surface area contributed by atoms with Crippen LogP contribution < -0.4 is 0 Å². The van der Waals surface area contributed by atoms with Crippen LogP contribution in [0.25, 0.3) is 0 Å². The first-order valence-electron chi connectivity index (χ1n) is 5.79. The average Bonchev–Trinajstić information content (AvgIpc) is 2.26. The van der Waals surface area contributed by atoms with Gasteiger partial charge in [0.2, 0.25) is 6.04 Å².